The lowest BCUT2D eigenvalue weighted by atomic mass is 9.96. The molecule has 130 valence electrons. The summed E-state index contributed by atoms with van der Waals surface area (Å²) in [6.07, 6.45) is 1.69. The van der Waals surface area contributed by atoms with Crippen LogP contribution in [0.2, 0.25) is 0 Å². The van der Waals surface area contributed by atoms with Crippen molar-refractivity contribution in [3.05, 3.63) is 35.1 Å². The molecule has 1 heterocycles. The van der Waals surface area contributed by atoms with Gasteiger partial charge in [0.15, 0.2) is 23.0 Å². The number of carbonyl (C=O) groups excluding carboxylic acids is 2. The zero-order valence-corrected chi connectivity index (χ0v) is 14.5. The third kappa shape index (κ3) is 3.09. The highest BCUT2D eigenvalue weighted by Crippen LogP contribution is 2.40. The third-order valence-corrected chi connectivity index (χ3v) is 4.16. The van der Waals surface area contributed by atoms with E-state index in [1.165, 1.54) is 26.0 Å². The number of nitrogens with zero attached hydrogens (tertiary/aromatic N) is 1. The van der Waals surface area contributed by atoms with Gasteiger partial charge in [0.2, 0.25) is 0 Å². The smallest absolute Gasteiger partial charge is 0.290 e. The van der Waals surface area contributed by atoms with Crippen LogP contribution in [-0.4, -0.2) is 42.5 Å². The number of hydrogen-bond acceptors (Lipinski definition) is 5. The van der Waals surface area contributed by atoms with Crippen molar-refractivity contribution in [3.63, 3.8) is 0 Å². The molecular weight excluding hydrogens is 310 g/mol. The second kappa shape index (κ2) is 7.38. The van der Waals surface area contributed by atoms with E-state index < -0.39 is 17.7 Å². The van der Waals surface area contributed by atoms with E-state index in [1.54, 1.807) is 18.2 Å². The fraction of sp³-hybridized carbons (Fsp3) is 0.444. The predicted molar refractivity (Wildman–Crippen MR) is 89.2 cm³/mol. The maximum Gasteiger partial charge on any atom is 0.290 e. The molecule has 0 saturated heterocycles. The number of aliphatic hydroxyl groups is 1. The van der Waals surface area contributed by atoms with Crippen LogP contribution in [-0.2, 0) is 9.59 Å². The predicted octanol–water partition coefficient (Wildman–Crippen LogP) is 2.79. The van der Waals surface area contributed by atoms with Crippen molar-refractivity contribution in [1.29, 1.82) is 0 Å². The van der Waals surface area contributed by atoms with Gasteiger partial charge in [0.1, 0.15) is 0 Å². The number of methoxy groups -OCH3 is 2. The number of carbonyl (C=O) groups is 2. The third-order valence-electron chi connectivity index (χ3n) is 4.16. The van der Waals surface area contributed by atoms with Gasteiger partial charge in [-0.1, -0.05) is 19.4 Å². The Morgan fingerprint density at radius 3 is 2.46 bits per heavy atom. The van der Waals surface area contributed by atoms with E-state index >= 15 is 0 Å². The highest BCUT2D eigenvalue weighted by Gasteiger charge is 2.42. The average molecular weight is 333 g/mol. The summed E-state index contributed by atoms with van der Waals surface area (Å²) in [5.41, 5.74) is 0.828. The van der Waals surface area contributed by atoms with Gasteiger partial charge in [0.25, 0.3) is 5.91 Å². The standard InChI is InChI=1S/C18H23NO5/c1-5-6-9-19-16(15(11(2)20)17(21)18(19)22)12-7-8-13(23-3)14(10-12)24-4/h7-8,10,16,21H,5-6,9H2,1-4H3. The first-order chi connectivity index (χ1) is 11.5. The fourth-order valence-corrected chi connectivity index (χ4v) is 2.94. The molecule has 1 aliphatic rings. The molecule has 6 nitrogen and oxygen atoms in total. The van der Waals surface area contributed by atoms with Crippen LogP contribution in [0, 0.1) is 0 Å². The average Bonchev–Trinajstić information content (AvgIpc) is 2.83. The highest BCUT2D eigenvalue weighted by atomic mass is 16.5. The topological polar surface area (TPSA) is 76.1 Å². The van der Waals surface area contributed by atoms with Crippen LogP contribution < -0.4 is 9.47 Å². The van der Waals surface area contributed by atoms with Gasteiger partial charge in [-0.3, -0.25) is 9.59 Å². The van der Waals surface area contributed by atoms with E-state index in [0.29, 0.717) is 23.6 Å². The lowest BCUT2D eigenvalue weighted by Gasteiger charge is -2.27. The van der Waals surface area contributed by atoms with Crippen LogP contribution in [0.5, 0.6) is 11.5 Å². The molecule has 1 aromatic rings. The Morgan fingerprint density at radius 2 is 1.92 bits per heavy atom. The zero-order chi connectivity index (χ0) is 17.9. The lowest BCUT2D eigenvalue weighted by molar-refractivity contribution is -0.129. The van der Waals surface area contributed by atoms with E-state index in [4.69, 9.17) is 9.47 Å². The van der Waals surface area contributed by atoms with Crippen molar-refractivity contribution in [3.8, 4) is 11.5 Å². The van der Waals surface area contributed by atoms with Crippen LogP contribution in [0.25, 0.3) is 0 Å². The number of hydrogen-bond donors (Lipinski definition) is 1. The summed E-state index contributed by atoms with van der Waals surface area (Å²) in [6, 6.07) is 4.63. The van der Waals surface area contributed by atoms with Gasteiger partial charge in [-0.15, -0.1) is 0 Å². The summed E-state index contributed by atoms with van der Waals surface area (Å²) in [5, 5.41) is 10.2. The van der Waals surface area contributed by atoms with Crippen LogP contribution >= 0.6 is 0 Å². The Balaban J connectivity index is 2.52. The van der Waals surface area contributed by atoms with Crippen LogP contribution in [0.3, 0.4) is 0 Å². The Hall–Kier alpha value is -2.50. The van der Waals surface area contributed by atoms with Crippen molar-refractivity contribution in [1.82, 2.24) is 4.90 Å². The molecule has 0 radical (unpaired) electrons. The lowest BCUT2D eigenvalue weighted by Crippen LogP contribution is -2.31. The molecule has 1 aromatic carbocycles. The Labute approximate surface area is 141 Å². The van der Waals surface area contributed by atoms with Crippen molar-refractivity contribution >= 4 is 11.7 Å². The molecule has 0 bridgehead atoms. The minimum atomic E-state index is -0.610. The molecule has 0 saturated carbocycles. The summed E-state index contributed by atoms with van der Waals surface area (Å²) in [5.74, 6) is -0.220. The molecular formula is C18H23NO5. The number of aliphatic hydroxyl groups excluding tert-OH is 1. The minimum absolute atomic E-state index is 0.128. The molecule has 0 fully saturated rings. The van der Waals surface area contributed by atoms with E-state index in [-0.39, 0.29) is 11.4 Å². The van der Waals surface area contributed by atoms with Gasteiger partial charge in [0, 0.05) is 6.54 Å². The number of Topliss-reactive ketones (excluding diaryl/α,β-unsaturated/α-hetero) is 1. The number of unbranched alkanes of at least 4 members (excludes halogenated alkanes) is 1. The monoisotopic (exact) mass is 333 g/mol. The van der Waals surface area contributed by atoms with E-state index in [2.05, 4.69) is 0 Å². The van der Waals surface area contributed by atoms with Crippen LogP contribution in [0.15, 0.2) is 29.5 Å². The number of ether oxygens (including phenoxy) is 2. The van der Waals surface area contributed by atoms with E-state index in [1.807, 2.05) is 6.92 Å². The molecule has 6 heteroatoms. The largest absolute Gasteiger partial charge is 0.503 e. The van der Waals surface area contributed by atoms with Crippen LogP contribution in [0.1, 0.15) is 38.3 Å². The van der Waals surface area contributed by atoms with E-state index in [9.17, 15) is 14.7 Å². The second-order valence-electron chi connectivity index (χ2n) is 5.69. The molecule has 1 atom stereocenters. The Morgan fingerprint density at radius 1 is 1.25 bits per heavy atom. The van der Waals surface area contributed by atoms with Gasteiger partial charge in [-0.2, -0.15) is 0 Å². The van der Waals surface area contributed by atoms with Crippen molar-refractivity contribution in [2.75, 3.05) is 20.8 Å². The summed E-state index contributed by atoms with van der Waals surface area (Å²) < 4.78 is 10.5. The highest BCUT2D eigenvalue weighted by molar-refractivity contribution is 6.08. The molecule has 0 aromatic heterocycles. The van der Waals surface area contributed by atoms with Gasteiger partial charge in [-0.25, -0.2) is 0 Å². The van der Waals surface area contributed by atoms with E-state index in [0.717, 1.165) is 12.8 Å². The van der Waals surface area contributed by atoms with Crippen molar-refractivity contribution in [2.45, 2.75) is 32.7 Å². The van der Waals surface area contributed by atoms with Crippen LogP contribution in [0.4, 0.5) is 0 Å². The molecule has 2 rings (SSSR count). The van der Waals surface area contributed by atoms with Gasteiger partial charge >= 0.3 is 0 Å². The maximum absolute atomic E-state index is 12.4. The number of rotatable bonds is 7. The first-order valence-electron chi connectivity index (χ1n) is 7.93. The summed E-state index contributed by atoms with van der Waals surface area (Å²) in [7, 11) is 3.06. The van der Waals surface area contributed by atoms with Crippen molar-refractivity contribution in [2.24, 2.45) is 0 Å². The fourth-order valence-electron chi connectivity index (χ4n) is 2.94. The molecule has 1 unspecified atom stereocenters. The number of amides is 1. The van der Waals surface area contributed by atoms with Gasteiger partial charge in [-0.05, 0) is 31.0 Å². The Bertz CT molecular complexity index is 680. The first-order valence-corrected chi connectivity index (χ1v) is 7.93. The first kappa shape index (κ1) is 17.8. The zero-order valence-electron chi connectivity index (χ0n) is 14.5. The Kier molecular flexibility index (Phi) is 5.49. The summed E-state index contributed by atoms with van der Waals surface area (Å²) in [6.45, 7) is 3.84. The van der Waals surface area contributed by atoms with Crippen molar-refractivity contribution < 1.29 is 24.2 Å². The summed E-state index contributed by atoms with van der Waals surface area (Å²) in [4.78, 5) is 26.0. The van der Waals surface area contributed by atoms with Gasteiger partial charge in [0.05, 0.1) is 25.8 Å². The molecule has 1 amide bonds. The normalized spacial score (nSPS) is 17.4. The molecule has 0 spiro atoms. The van der Waals surface area contributed by atoms with Gasteiger partial charge < -0.3 is 19.5 Å². The number of benzene rings is 1. The maximum atomic E-state index is 12.4. The summed E-state index contributed by atoms with van der Waals surface area (Å²) >= 11 is 0. The molecule has 1 N–H and O–H groups in total. The quantitative estimate of drug-likeness (QED) is 0.830. The SMILES string of the molecule is CCCCN1C(=O)C(O)=C(C(C)=O)C1c1ccc(OC)c(OC)c1. The number of ketones is 1. The second-order valence-corrected chi connectivity index (χ2v) is 5.69. The molecule has 24 heavy (non-hydrogen) atoms. The minimum Gasteiger partial charge on any atom is -0.503 e. The molecule has 1 aliphatic heterocycles. The molecule has 0 aliphatic carbocycles.